The van der Waals surface area contributed by atoms with Crippen LogP contribution in [-0.4, -0.2) is 29.5 Å². The maximum absolute atomic E-state index is 12.7. The van der Waals surface area contributed by atoms with Crippen LogP contribution in [-0.2, 0) is 0 Å². The van der Waals surface area contributed by atoms with Crippen LogP contribution in [0, 0.1) is 13.8 Å². The summed E-state index contributed by atoms with van der Waals surface area (Å²) in [6, 6.07) is 14.1. The third-order valence-corrected chi connectivity index (χ3v) is 4.56. The van der Waals surface area contributed by atoms with Crippen LogP contribution < -0.4 is 15.2 Å². The number of rotatable bonds is 8. The van der Waals surface area contributed by atoms with Gasteiger partial charge in [0, 0.05) is 28.2 Å². The minimum absolute atomic E-state index is 0.0586. The Morgan fingerprint density at radius 3 is 2.17 bits per heavy atom. The largest absolute Gasteiger partial charge is 0.485 e. The highest BCUT2D eigenvalue weighted by Crippen LogP contribution is 2.24. The third-order valence-electron chi connectivity index (χ3n) is 4.56. The molecule has 0 aliphatic carbocycles. The third kappa shape index (κ3) is 4.65. The highest BCUT2D eigenvalue weighted by molar-refractivity contribution is 5.99. The van der Waals surface area contributed by atoms with E-state index < -0.39 is 12.5 Å². The summed E-state index contributed by atoms with van der Waals surface area (Å²) in [5, 5.41) is 0. The van der Waals surface area contributed by atoms with Crippen LogP contribution in [0.4, 0.5) is 8.78 Å². The van der Waals surface area contributed by atoms with E-state index in [1.54, 1.807) is 37.3 Å². The average molecular weight is 414 g/mol. The van der Waals surface area contributed by atoms with E-state index in [4.69, 9.17) is 10.5 Å². The predicted molar refractivity (Wildman–Crippen MR) is 107 cm³/mol. The Hall–Kier alpha value is -3.68. The van der Waals surface area contributed by atoms with E-state index in [1.165, 1.54) is 24.3 Å². The van der Waals surface area contributed by atoms with E-state index >= 15 is 0 Å². The van der Waals surface area contributed by atoms with E-state index in [9.17, 15) is 18.4 Å². The first-order valence-electron chi connectivity index (χ1n) is 9.06. The van der Waals surface area contributed by atoms with Crippen molar-refractivity contribution in [3.05, 3.63) is 77.1 Å². The lowest BCUT2D eigenvalue weighted by Crippen LogP contribution is -2.13. The number of hydrogen-bond acceptors (Lipinski definition) is 4. The second-order valence-electron chi connectivity index (χ2n) is 6.59. The molecule has 0 saturated carbocycles. The minimum atomic E-state index is -2.89. The molecule has 3 rings (SSSR count). The van der Waals surface area contributed by atoms with Gasteiger partial charge in [-0.25, -0.2) is 0 Å². The van der Waals surface area contributed by atoms with Gasteiger partial charge < -0.3 is 19.8 Å². The molecule has 0 aliphatic rings. The van der Waals surface area contributed by atoms with Crippen LogP contribution in [0.25, 0.3) is 5.69 Å². The summed E-state index contributed by atoms with van der Waals surface area (Å²) in [6.45, 7) is 0.575. The topological polar surface area (TPSA) is 83.5 Å². The van der Waals surface area contributed by atoms with Gasteiger partial charge >= 0.3 is 6.61 Å². The number of primary amides is 1. The van der Waals surface area contributed by atoms with Crippen LogP contribution in [0.1, 0.15) is 32.1 Å². The van der Waals surface area contributed by atoms with Crippen LogP contribution in [0.15, 0.2) is 54.6 Å². The normalized spacial score (nSPS) is 10.8. The Morgan fingerprint density at radius 1 is 1.00 bits per heavy atom. The number of ketones is 1. The molecule has 0 unspecified atom stereocenters. The Kier molecular flexibility index (Phi) is 6.15. The fourth-order valence-electron chi connectivity index (χ4n) is 3.16. The number of aryl methyl sites for hydroxylation is 1. The molecular weight excluding hydrogens is 394 g/mol. The van der Waals surface area contributed by atoms with Gasteiger partial charge in [-0.15, -0.1) is 0 Å². The van der Waals surface area contributed by atoms with Gasteiger partial charge in [0.1, 0.15) is 11.5 Å². The number of Topliss-reactive ketones (excluding diaryl/α,β-unsaturated/α-hetero) is 1. The summed E-state index contributed by atoms with van der Waals surface area (Å²) in [7, 11) is 0. The maximum atomic E-state index is 12.7. The Morgan fingerprint density at radius 2 is 1.60 bits per heavy atom. The number of nitrogens with zero attached hydrogens (tertiary/aromatic N) is 1. The lowest BCUT2D eigenvalue weighted by molar-refractivity contribution is -0.0498. The second-order valence-corrected chi connectivity index (χ2v) is 6.59. The molecule has 1 amide bonds. The number of aromatic nitrogens is 1. The number of ether oxygens (including phenoxy) is 2. The van der Waals surface area contributed by atoms with Crippen LogP contribution in [0.5, 0.6) is 11.5 Å². The molecule has 156 valence electrons. The van der Waals surface area contributed by atoms with Crippen LogP contribution in [0.3, 0.4) is 0 Å². The van der Waals surface area contributed by atoms with E-state index in [2.05, 4.69) is 4.74 Å². The van der Waals surface area contributed by atoms with E-state index in [0.717, 1.165) is 5.69 Å². The smallest absolute Gasteiger partial charge is 0.387 e. The van der Waals surface area contributed by atoms with Crippen molar-refractivity contribution in [2.24, 2.45) is 5.73 Å². The number of amides is 1. The molecule has 0 radical (unpaired) electrons. The summed E-state index contributed by atoms with van der Waals surface area (Å²) in [5.41, 5.74) is 8.27. The standard InChI is InChI=1S/C22H20F2N2O4/c1-13-11-19(20(27)12-29-17-7-3-15(4-8-17)21(25)28)14(2)26(13)16-5-9-18(10-6-16)30-22(23)24/h3-11,22H,12H2,1-2H3,(H2,25,28). The zero-order chi connectivity index (χ0) is 21.8. The van der Waals surface area contributed by atoms with Gasteiger partial charge in [0.25, 0.3) is 0 Å². The summed E-state index contributed by atoms with van der Waals surface area (Å²) >= 11 is 0. The van der Waals surface area contributed by atoms with E-state index in [0.29, 0.717) is 28.3 Å². The summed E-state index contributed by atoms with van der Waals surface area (Å²) < 4.78 is 36.4. The van der Waals surface area contributed by atoms with Crippen LogP contribution >= 0.6 is 0 Å². The fourth-order valence-corrected chi connectivity index (χ4v) is 3.16. The lowest BCUT2D eigenvalue weighted by atomic mass is 10.1. The van der Waals surface area contributed by atoms with Crippen molar-refractivity contribution in [3.8, 4) is 17.2 Å². The molecule has 2 N–H and O–H groups in total. The summed E-state index contributed by atoms with van der Waals surface area (Å²) in [4.78, 5) is 23.8. The summed E-state index contributed by atoms with van der Waals surface area (Å²) in [6.07, 6.45) is 0. The molecule has 6 nitrogen and oxygen atoms in total. The van der Waals surface area contributed by atoms with Gasteiger partial charge in [-0.2, -0.15) is 8.78 Å². The molecule has 0 spiro atoms. The monoisotopic (exact) mass is 414 g/mol. The highest BCUT2D eigenvalue weighted by atomic mass is 19.3. The number of halogens is 2. The molecule has 1 aromatic heterocycles. The van der Waals surface area contributed by atoms with Gasteiger partial charge in [0.15, 0.2) is 6.61 Å². The lowest BCUT2D eigenvalue weighted by Gasteiger charge is -2.11. The molecule has 0 atom stereocenters. The summed E-state index contributed by atoms with van der Waals surface area (Å²) in [5.74, 6) is -0.259. The van der Waals surface area contributed by atoms with Crippen molar-refractivity contribution in [2.45, 2.75) is 20.5 Å². The first kappa shape index (κ1) is 21.0. The molecule has 1 heterocycles. The Bertz CT molecular complexity index is 1060. The molecule has 30 heavy (non-hydrogen) atoms. The van der Waals surface area contributed by atoms with Crippen molar-refractivity contribution in [1.82, 2.24) is 4.57 Å². The second kappa shape index (κ2) is 8.77. The number of alkyl halides is 2. The zero-order valence-corrected chi connectivity index (χ0v) is 16.4. The van der Waals surface area contributed by atoms with Crippen molar-refractivity contribution in [2.75, 3.05) is 6.61 Å². The number of benzene rings is 2. The van der Waals surface area contributed by atoms with Crippen molar-refractivity contribution in [1.29, 1.82) is 0 Å². The van der Waals surface area contributed by atoms with Gasteiger partial charge in [0.05, 0.1) is 0 Å². The Balaban J connectivity index is 1.74. The molecule has 0 saturated heterocycles. The van der Waals surface area contributed by atoms with Gasteiger partial charge in [0.2, 0.25) is 11.7 Å². The van der Waals surface area contributed by atoms with Crippen LogP contribution in [0.2, 0.25) is 0 Å². The zero-order valence-electron chi connectivity index (χ0n) is 16.4. The number of hydrogen-bond donors (Lipinski definition) is 1. The van der Waals surface area contributed by atoms with Crippen molar-refractivity contribution < 1.29 is 27.8 Å². The van der Waals surface area contributed by atoms with Crippen molar-refractivity contribution >= 4 is 11.7 Å². The molecule has 2 aromatic carbocycles. The maximum Gasteiger partial charge on any atom is 0.387 e. The fraction of sp³-hybridized carbons (Fsp3) is 0.182. The number of nitrogens with two attached hydrogens (primary N) is 1. The minimum Gasteiger partial charge on any atom is -0.485 e. The molecule has 0 fully saturated rings. The van der Waals surface area contributed by atoms with Gasteiger partial charge in [-0.1, -0.05) is 0 Å². The quantitative estimate of drug-likeness (QED) is 0.564. The SMILES string of the molecule is Cc1cc(C(=O)COc2ccc(C(N)=O)cc2)c(C)n1-c1ccc(OC(F)F)cc1. The number of carbonyl (C=O) groups excluding carboxylic acids is 2. The van der Waals surface area contributed by atoms with E-state index in [-0.39, 0.29) is 18.1 Å². The molecule has 0 aliphatic heterocycles. The molecule has 0 bridgehead atoms. The van der Waals surface area contributed by atoms with Gasteiger partial charge in [-0.05, 0) is 68.4 Å². The van der Waals surface area contributed by atoms with E-state index in [1.807, 2.05) is 11.5 Å². The first-order chi connectivity index (χ1) is 14.3. The number of carbonyl (C=O) groups is 2. The van der Waals surface area contributed by atoms with Crippen molar-refractivity contribution in [3.63, 3.8) is 0 Å². The molecule has 8 heteroatoms. The Labute approximate surface area is 171 Å². The first-order valence-corrected chi connectivity index (χ1v) is 9.06. The highest BCUT2D eigenvalue weighted by Gasteiger charge is 2.17. The predicted octanol–water partition coefficient (Wildman–Crippen LogP) is 4.06. The van der Waals surface area contributed by atoms with Gasteiger partial charge in [-0.3, -0.25) is 9.59 Å². The molecular formula is C22H20F2N2O4. The average Bonchev–Trinajstić information content (AvgIpc) is 3.01. The molecule has 3 aromatic rings.